The number of rotatable bonds is 7. The molecule has 0 saturated carbocycles. The molecule has 7 nitrogen and oxygen atoms in total. The Kier molecular flexibility index (Phi) is 6.25. The molecule has 0 radical (unpaired) electrons. The van der Waals surface area contributed by atoms with Gasteiger partial charge in [-0.05, 0) is 37.3 Å². The van der Waals surface area contributed by atoms with Crippen LogP contribution in [0.2, 0.25) is 0 Å². The predicted octanol–water partition coefficient (Wildman–Crippen LogP) is 3.71. The first-order valence-electron chi connectivity index (χ1n) is 10.1. The van der Waals surface area contributed by atoms with Crippen LogP contribution in [0.15, 0.2) is 67.3 Å². The lowest BCUT2D eigenvalue weighted by atomic mass is 10.0. The molecule has 3 aromatic heterocycles. The van der Waals surface area contributed by atoms with Gasteiger partial charge in [-0.2, -0.15) is 5.10 Å². The van der Waals surface area contributed by atoms with E-state index >= 15 is 0 Å². The summed E-state index contributed by atoms with van der Waals surface area (Å²) in [7, 11) is 0. The second-order valence-electron chi connectivity index (χ2n) is 6.96. The van der Waals surface area contributed by atoms with Crippen LogP contribution in [0.3, 0.4) is 0 Å². The van der Waals surface area contributed by atoms with Crippen molar-refractivity contribution in [2.75, 3.05) is 13.1 Å². The first-order chi connectivity index (χ1) is 15.6. The average Bonchev–Trinajstić information content (AvgIpc) is 3.29. The van der Waals surface area contributed by atoms with Gasteiger partial charge < -0.3 is 4.90 Å². The highest BCUT2D eigenvalue weighted by Gasteiger charge is 2.23. The quantitative estimate of drug-likeness (QED) is 0.443. The number of hydrogen-bond donors (Lipinski definition) is 0. The molecule has 0 bridgehead atoms. The average molecular weight is 434 g/mol. The van der Waals surface area contributed by atoms with Gasteiger partial charge in [0.1, 0.15) is 11.6 Å². The van der Waals surface area contributed by atoms with Gasteiger partial charge in [-0.1, -0.05) is 12.1 Å². The minimum atomic E-state index is -0.620. The first-order valence-corrected chi connectivity index (χ1v) is 10.1. The Bertz CT molecular complexity index is 1210. The molecule has 0 unspecified atom stereocenters. The number of nitrogens with zero attached hydrogens (tertiary/aromatic N) is 6. The number of pyridine rings is 1. The van der Waals surface area contributed by atoms with Crippen LogP contribution in [0.1, 0.15) is 23.0 Å². The summed E-state index contributed by atoms with van der Waals surface area (Å²) in [5, 5.41) is 4.43. The number of halogens is 2. The van der Waals surface area contributed by atoms with Crippen molar-refractivity contribution in [1.29, 1.82) is 0 Å². The smallest absolute Gasteiger partial charge is 0.257 e. The molecule has 0 aliphatic carbocycles. The zero-order valence-corrected chi connectivity index (χ0v) is 17.3. The standard InChI is InChI=1S/C23H20F2N6O/c1-2-30(13-9-17-10-14-31(29-17)20-8-7-16(24)15-28-20)23(32)21-18(5-3-6-19(21)25)22-26-11-4-12-27-22/h3-8,10-12,14-15H,2,9,13H2,1H3. The molecule has 0 atom stereocenters. The number of carbonyl (C=O) groups excluding carboxylic acids is 1. The molecule has 0 spiro atoms. The van der Waals surface area contributed by atoms with Crippen molar-refractivity contribution in [3.63, 3.8) is 0 Å². The Hall–Kier alpha value is -4.01. The van der Waals surface area contributed by atoms with Crippen LogP contribution in [0.4, 0.5) is 8.78 Å². The molecular weight excluding hydrogens is 414 g/mol. The van der Waals surface area contributed by atoms with E-state index in [9.17, 15) is 13.6 Å². The highest BCUT2D eigenvalue weighted by molar-refractivity contribution is 6.00. The fourth-order valence-electron chi connectivity index (χ4n) is 3.30. The van der Waals surface area contributed by atoms with E-state index in [0.717, 1.165) is 11.9 Å². The number of carbonyl (C=O) groups is 1. The van der Waals surface area contributed by atoms with Crippen LogP contribution in [-0.4, -0.2) is 48.6 Å². The Labute approximate surface area is 183 Å². The molecule has 1 amide bonds. The van der Waals surface area contributed by atoms with Gasteiger partial charge in [0, 0.05) is 43.7 Å². The summed E-state index contributed by atoms with van der Waals surface area (Å²) in [6.45, 7) is 2.56. The Balaban J connectivity index is 1.52. The van der Waals surface area contributed by atoms with Gasteiger partial charge >= 0.3 is 0 Å². The lowest BCUT2D eigenvalue weighted by Gasteiger charge is -2.22. The van der Waals surface area contributed by atoms with Gasteiger partial charge in [-0.25, -0.2) is 28.4 Å². The maximum Gasteiger partial charge on any atom is 0.257 e. The van der Waals surface area contributed by atoms with Crippen LogP contribution in [0.25, 0.3) is 17.2 Å². The molecule has 162 valence electrons. The number of likely N-dealkylation sites (N-methyl/N-ethyl adjacent to an activating group) is 1. The summed E-state index contributed by atoms with van der Waals surface area (Å²) in [4.78, 5) is 27.1. The van der Waals surface area contributed by atoms with Gasteiger partial charge in [-0.15, -0.1) is 0 Å². The van der Waals surface area contributed by atoms with E-state index in [-0.39, 0.29) is 11.4 Å². The van der Waals surface area contributed by atoms with Crippen molar-refractivity contribution >= 4 is 5.91 Å². The predicted molar refractivity (Wildman–Crippen MR) is 114 cm³/mol. The van der Waals surface area contributed by atoms with Gasteiger partial charge in [-0.3, -0.25) is 4.79 Å². The Morgan fingerprint density at radius 3 is 2.56 bits per heavy atom. The fraction of sp³-hybridized carbons (Fsp3) is 0.174. The molecule has 0 N–H and O–H groups in total. The molecule has 0 saturated heterocycles. The lowest BCUT2D eigenvalue weighted by molar-refractivity contribution is 0.0762. The molecule has 0 fully saturated rings. The summed E-state index contributed by atoms with van der Waals surface area (Å²) < 4.78 is 29.3. The van der Waals surface area contributed by atoms with Gasteiger partial charge in [0.25, 0.3) is 5.91 Å². The third-order valence-electron chi connectivity index (χ3n) is 4.93. The maximum absolute atomic E-state index is 14.7. The minimum absolute atomic E-state index is 0.0541. The molecule has 4 aromatic rings. The second-order valence-corrected chi connectivity index (χ2v) is 6.96. The Morgan fingerprint density at radius 1 is 1.03 bits per heavy atom. The minimum Gasteiger partial charge on any atom is -0.338 e. The summed E-state index contributed by atoms with van der Waals surface area (Å²) in [6, 6.07) is 10.7. The summed E-state index contributed by atoms with van der Waals surface area (Å²) in [5.74, 6) is -0.707. The van der Waals surface area contributed by atoms with Gasteiger partial charge in [0.15, 0.2) is 11.6 Å². The normalized spacial score (nSPS) is 10.8. The van der Waals surface area contributed by atoms with Crippen molar-refractivity contribution in [1.82, 2.24) is 29.6 Å². The number of amides is 1. The van der Waals surface area contributed by atoms with Crippen molar-refractivity contribution < 1.29 is 13.6 Å². The zero-order chi connectivity index (χ0) is 22.5. The third kappa shape index (κ3) is 4.51. The number of benzene rings is 1. The van der Waals surface area contributed by atoms with Crippen LogP contribution < -0.4 is 0 Å². The molecule has 1 aromatic carbocycles. The van der Waals surface area contributed by atoms with E-state index in [0.29, 0.717) is 30.9 Å². The second kappa shape index (κ2) is 9.42. The zero-order valence-electron chi connectivity index (χ0n) is 17.3. The lowest BCUT2D eigenvalue weighted by Crippen LogP contribution is -2.34. The van der Waals surface area contributed by atoms with Crippen LogP contribution in [0, 0.1) is 11.6 Å². The van der Waals surface area contributed by atoms with Crippen molar-refractivity contribution in [3.8, 4) is 17.2 Å². The maximum atomic E-state index is 14.7. The summed E-state index contributed by atoms with van der Waals surface area (Å²) >= 11 is 0. The Morgan fingerprint density at radius 2 is 1.84 bits per heavy atom. The molecule has 3 heterocycles. The fourth-order valence-corrected chi connectivity index (χ4v) is 3.30. The highest BCUT2D eigenvalue weighted by Crippen LogP contribution is 2.24. The van der Waals surface area contributed by atoms with E-state index in [1.807, 2.05) is 6.92 Å². The largest absolute Gasteiger partial charge is 0.338 e. The number of aromatic nitrogens is 5. The molecule has 4 rings (SSSR count). The third-order valence-corrected chi connectivity index (χ3v) is 4.93. The number of hydrogen-bond acceptors (Lipinski definition) is 5. The molecule has 32 heavy (non-hydrogen) atoms. The van der Waals surface area contributed by atoms with Crippen molar-refractivity contribution in [3.05, 3.63) is 90.1 Å². The summed E-state index contributed by atoms with van der Waals surface area (Å²) in [6.07, 6.45) is 6.39. The molecule has 0 aliphatic rings. The van der Waals surface area contributed by atoms with Crippen LogP contribution >= 0.6 is 0 Å². The molecule has 9 heteroatoms. The monoisotopic (exact) mass is 434 g/mol. The molecule has 0 aliphatic heterocycles. The van der Waals surface area contributed by atoms with E-state index < -0.39 is 17.5 Å². The van der Waals surface area contributed by atoms with Crippen molar-refractivity contribution in [2.24, 2.45) is 0 Å². The molecular formula is C23H20F2N6O. The summed E-state index contributed by atoms with van der Waals surface area (Å²) in [5.41, 5.74) is 1.02. The van der Waals surface area contributed by atoms with E-state index in [4.69, 9.17) is 0 Å². The van der Waals surface area contributed by atoms with Crippen molar-refractivity contribution in [2.45, 2.75) is 13.3 Å². The van der Waals surface area contributed by atoms with Gasteiger partial charge in [0.2, 0.25) is 0 Å². The van der Waals surface area contributed by atoms with E-state index in [1.165, 1.54) is 28.9 Å². The van der Waals surface area contributed by atoms with E-state index in [1.54, 1.807) is 41.7 Å². The van der Waals surface area contributed by atoms with Crippen LogP contribution in [-0.2, 0) is 6.42 Å². The SMILES string of the molecule is CCN(CCc1ccn(-c2ccc(F)cn2)n1)C(=O)c1c(F)cccc1-c1ncccn1. The van der Waals surface area contributed by atoms with Gasteiger partial charge in [0.05, 0.1) is 17.5 Å². The van der Waals surface area contributed by atoms with E-state index in [2.05, 4.69) is 20.1 Å². The topological polar surface area (TPSA) is 76.8 Å². The highest BCUT2D eigenvalue weighted by atomic mass is 19.1. The first kappa shape index (κ1) is 21.2. The van der Waals surface area contributed by atoms with Crippen LogP contribution in [0.5, 0.6) is 0 Å².